The molecule has 1 unspecified atom stereocenters. The lowest BCUT2D eigenvalue weighted by atomic mass is 9.96. The van der Waals surface area contributed by atoms with Crippen LogP contribution < -0.4 is 0 Å². The SMILES string of the molecule is CCCS(=O)(=O)N1CCCC(C(=O)N2CCC(n3cccc3)CC2)C1. The second-order valence-corrected chi connectivity index (χ2v) is 9.29. The number of hydrogen-bond donors (Lipinski definition) is 0. The smallest absolute Gasteiger partial charge is 0.227 e. The van der Waals surface area contributed by atoms with Gasteiger partial charge in [-0.05, 0) is 44.2 Å². The number of piperidine rings is 2. The van der Waals surface area contributed by atoms with E-state index in [4.69, 9.17) is 0 Å². The number of carbonyl (C=O) groups excluding carboxylic acids is 1. The predicted octanol–water partition coefficient (Wildman–Crippen LogP) is 2.10. The van der Waals surface area contributed by atoms with Crippen LogP contribution in [0.25, 0.3) is 0 Å². The average molecular weight is 368 g/mol. The Morgan fingerprint density at radius 2 is 1.76 bits per heavy atom. The van der Waals surface area contributed by atoms with Crippen molar-refractivity contribution in [3.05, 3.63) is 24.5 Å². The van der Waals surface area contributed by atoms with E-state index in [9.17, 15) is 13.2 Å². The Morgan fingerprint density at radius 3 is 2.40 bits per heavy atom. The minimum atomic E-state index is -3.21. The molecule has 25 heavy (non-hydrogen) atoms. The van der Waals surface area contributed by atoms with E-state index in [1.807, 2.05) is 24.0 Å². The summed E-state index contributed by atoms with van der Waals surface area (Å²) in [6.07, 6.45) is 8.29. The number of nitrogens with zero attached hydrogens (tertiary/aromatic N) is 3. The second-order valence-electron chi connectivity index (χ2n) is 7.20. The predicted molar refractivity (Wildman–Crippen MR) is 97.7 cm³/mol. The normalized spacial score (nSPS) is 23.7. The maximum absolute atomic E-state index is 12.9. The van der Waals surface area contributed by atoms with Gasteiger partial charge < -0.3 is 9.47 Å². The molecule has 2 fully saturated rings. The standard InChI is InChI=1S/C18H29N3O3S/c1-2-14-25(23,24)21-11-5-6-16(15-21)18(22)20-12-7-17(8-13-20)19-9-3-4-10-19/h3-4,9-10,16-17H,2,5-8,11-15H2,1H3. The van der Waals surface area contributed by atoms with Gasteiger partial charge in [0.05, 0.1) is 11.7 Å². The van der Waals surface area contributed by atoms with Gasteiger partial charge in [0.15, 0.2) is 0 Å². The van der Waals surface area contributed by atoms with Crippen LogP contribution in [0.2, 0.25) is 0 Å². The third-order valence-corrected chi connectivity index (χ3v) is 7.46. The maximum atomic E-state index is 12.9. The molecule has 0 aliphatic carbocycles. The first-order valence-corrected chi connectivity index (χ1v) is 11.0. The molecule has 0 spiro atoms. The Balaban J connectivity index is 1.56. The van der Waals surface area contributed by atoms with Crippen molar-refractivity contribution in [2.75, 3.05) is 31.9 Å². The first-order chi connectivity index (χ1) is 12.0. The molecule has 2 aliphatic heterocycles. The zero-order valence-electron chi connectivity index (χ0n) is 15.0. The van der Waals surface area contributed by atoms with Gasteiger partial charge in [-0.15, -0.1) is 0 Å². The number of aromatic nitrogens is 1. The highest BCUT2D eigenvalue weighted by Crippen LogP contribution is 2.26. The van der Waals surface area contributed by atoms with Crippen molar-refractivity contribution in [2.24, 2.45) is 5.92 Å². The number of carbonyl (C=O) groups is 1. The van der Waals surface area contributed by atoms with Gasteiger partial charge in [-0.1, -0.05) is 6.92 Å². The lowest BCUT2D eigenvalue weighted by molar-refractivity contribution is -0.138. The fourth-order valence-corrected chi connectivity index (χ4v) is 5.61. The molecule has 2 saturated heterocycles. The molecule has 2 aliphatic rings. The number of amides is 1. The summed E-state index contributed by atoms with van der Waals surface area (Å²) in [6, 6.07) is 4.53. The molecule has 140 valence electrons. The van der Waals surface area contributed by atoms with E-state index in [1.54, 1.807) is 0 Å². The van der Waals surface area contributed by atoms with E-state index in [-0.39, 0.29) is 17.6 Å². The van der Waals surface area contributed by atoms with E-state index >= 15 is 0 Å². The Kier molecular flexibility index (Phi) is 5.84. The fourth-order valence-electron chi connectivity index (χ4n) is 4.02. The van der Waals surface area contributed by atoms with Crippen LogP contribution in [-0.4, -0.2) is 60.0 Å². The van der Waals surface area contributed by atoms with Crippen LogP contribution >= 0.6 is 0 Å². The van der Waals surface area contributed by atoms with Gasteiger partial charge >= 0.3 is 0 Å². The van der Waals surface area contributed by atoms with Gasteiger partial charge in [0, 0.05) is 44.6 Å². The third-order valence-electron chi connectivity index (χ3n) is 5.41. The van der Waals surface area contributed by atoms with Crippen LogP contribution in [0.15, 0.2) is 24.5 Å². The Hall–Kier alpha value is -1.34. The maximum Gasteiger partial charge on any atom is 0.227 e. The summed E-state index contributed by atoms with van der Waals surface area (Å²) in [5.41, 5.74) is 0. The molecule has 0 aromatic carbocycles. The summed E-state index contributed by atoms with van der Waals surface area (Å²) in [6.45, 7) is 4.32. The van der Waals surface area contributed by atoms with Crippen LogP contribution in [0, 0.1) is 5.92 Å². The van der Waals surface area contributed by atoms with Crippen molar-refractivity contribution >= 4 is 15.9 Å². The summed E-state index contributed by atoms with van der Waals surface area (Å²) < 4.78 is 28.4. The van der Waals surface area contributed by atoms with Gasteiger partial charge in [-0.25, -0.2) is 12.7 Å². The zero-order valence-corrected chi connectivity index (χ0v) is 15.8. The summed E-state index contributed by atoms with van der Waals surface area (Å²) in [7, 11) is -3.21. The topological polar surface area (TPSA) is 62.6 Å². The molecule has 6 nitrogen and oxygen atoms in total. The third kappa shape index (κ3) is 4.26. The van der Waals surface area contributed by atoms with E-state index in [2.05, 4.69) is 17.0 Å². The molecule has 0 N–H and O–H groups in total. The van der Waals surface area contributed by atoms with Gasteiger partial charge in [0.25, 0.3) is 0 Å². The molecule has 1 atom stereocenters. The van der Waals surface area contributed by atoms with E-state index in [0.717, 1.165) is 38.8 Å². The van der Waals surface area contributed by atoms with Crippen LogP contribution in [0.3, 0.4) is 0 Å². The number of sulfonamides is 1. The second kappa shape index (κ2) is 7.91. The first kappa shape index (κ1) is 18.5. The molecule has 0 bridgehead atoms. The monoisotopic (exact) mass is 367 g/mol. The lowest BCUT2D eigenvalue weighted by Gasteiger charge is -2.37. The highest BCUT2D eigenvalue weighted by atomic mass is 32.2. The van der Waals surface area contributed by atoms with Crippen LogP contribution in [0.5, 0.6) is 0 Å². The molecular formula is C18H29N3O3S. The quantitative estimate of drug-likeness (QED) is 0.801. The van der Waals surface area contributed by atoms with Crippen molar-refractivity contribution in [1.29, 1.82) is 0 Å². The molecule has 3 heterocycles. The van der Waals surface area contributed by atoms with Gasteiger partial charge in [-0.2, -0.15) is 0 Å². The molecule has 7 heteroatoms. The summed E-state index contributed by atoms with van der Waals surface area (Å²) >= 11 is 0. The molecule has 1 aromatic heterocycles. The minimum absolute atomic E-state index is 0.141. The summed E-state index contributed by atoms with van der Waals surface area (Å²) in [4.78, 5) is 14.8. The largest absolute Gasteiger partial charge is 0.351 e. The number of hydrogen-bond acceptors (Lipinski definition) is 3. The number of likely N-dealkylation sites (tertiary alicyclic amines) is 1. The Bertz CT molecular complexity index is 664. The van der Waals surface area contributed by atoms with E-state index in [0.29, 0.717) is 25.6 Å². The number of rotatable bonds is 5. The first-order valence-electron chi connectivity index (χ1n) is 9.40. The minimum Gasteiger partial charge on any atom is -0.351 e. The van der Waals surface area contributed by atoms with Gasteiger partial charge in [-0.3, -0.25) is 4.79 Å². The van der Waals surface area contributed by atoms with Crippen molar-refractivity contribution in [3.8, 4) is 0 Å². The fraction of sp³-hybridized carbons (Fsp3) is 0.722. The van der Waals surface area contributed by atoms with Crippen LogP contribution in [0.1, 0.15) is 45.1 Å². The molecule has 0 radical (unpaired) electrons. The molecule has 1 aromatic rings. The van der Waals surface area contributed by atoms with Crippen molar-refractivity contribution in [1.82, 2.24) is 13.8 Å². The van der Waals surface area contributed by atoms with E-state index < -0.39 is 10.0 Å². The van der Waals surface area contributed by atoms with Crippen LogP contribution in [-0.2, 0) is 14.8 Å². The molecule has 3 rings (SSSR count). The Labute approximate surface area is 150 Å². The highest BCUT2D eigenvalue weighted by Gasteiger charge is 2.35. The highest BCUT2D eigenvalue weighted by molar-refractivity contribution is 7.89. The molecular weight excluding hydrogens is 338 g/mol. The van der Waals surface area contributed by atoms with Crippen molar-refractivity contribution in [3.63, 3.8) is 0 Å². The summed E-state index contributed by atoms with van der Waals surface area (Å²) in [5, 5.41) is 0. The Morgan fingerprint density at radius 1 is 1.08 bits per heavy atom. The average Bonchev–Trinajstić information content (AvgIpc) is 3.16. The zero-order chi connectivity index (χ0) is 17.9. The summed E-state index contributed by atoms with van der Waals surface area (Å²) in [5.74, 6) is 0.141. The van der Waals surface area contributed by atoms with Crippen LogP contribution in [0.4, 0.5) is 0 Å². The lowest BCUT2D eigenvalue weighted by Crippen LogP contribution is -2.49. The van der Waals surface area contributed by atoms with Gasteiger partial charge in [0.1, 0.15) is 0 Å². The van der Waals surface area contributed by atoms with Gasteiger partial charge in [0.2, 0.25) is 15.9 Å². The van der Waals surface area contributed by atoms with Crippen molar-refractivity contribution < 1.29 is 13.2 Å². The van der Waals surface area contributed by atoms with Crippen molar-refractivity contribution in [2.45, 2.75) is 45.1 Å². The van der Waals surface area contributed by atoms with E-state index in [1.165, 1.54) is 4.31 Å². The molecule has 0 saturated carbocycles. The molecule has 1 amide bonds.